The number of nitrogens with one attached hydrogen (secondary N) is 2. The van der Waals surface area contributed by atoms with Crippen molar-refractivity contribution < 1.29 is 4.79 Å². The fraction of sp³-hybridized carbons (Fsp3) is 0.500. The number of hydrogen-bond donors (Lipinski definition) is 2. The summed E-state index contributed by atoms with van der Waals surface area (Å²) in [4.78, 5) is 19.6. The van der Waals surface area contributed by atoms with E-state index < -0.39 is 0 Å². The lowest BCUT2D eigenvalue weighted by atomic mass is 9.80. The third kappa shape index (κ3) is 2.55. The highest BCUT2D eigenvalue weighted by molar-refractivity contribution is 5.97. The third-order valence-electron chi connectivity index (χ3n) is 4.43. The number of imidazole rings is 1. The van der Waals surface area contributed by atoms with Crippen LogP contribution in [0.25, 0.3) is 11.0 Å². The Morgan fingerprint density at radius 2 is 2.20 bits per heavy atom. The van der Waals surface area contributed by atoms with Crippen LogP contribution in [0.3, 0.4) is 0 Å². The Labute approximate surface area is 119 Å². The van der Waals surface area contributed by atoms with E-state index in [1.165, 1.54) is 12.8 Å². The van der Waals surface area contributed by atoms with Gasteiger partial charge in [-0.05, 0) is 49.3 Å². The van der Waals surface area contributed by atoms with E-state index in [4.69, 9.17) is 0 Å². The molecule has 3 unspecified atom stereocenters. The van der Waals surface area contributed by atoms with Crippen molar-refractivity contribution in [1.29, 1.82) is 0 Å². The molecule has 3 rings (SSSR count). The summed E-state index contributed by atoms with van der Waals surface area (Å²) in [7, 11) is 0. The summed E-state index contributed by atoms with van der Waals surface area (Å²) in [6.45, 7) is 4.53. The first kappa shape index (κ1) is 13.2. The lowest BCUT2D eigenvalue weighted by molar-refractivity contribution is 0.0899. The van der Waals surface area contributed by atoms with Gasteiger partial charge in [0.25, 0.3) is 5.91 Å². The van der Waals surface area contributed by atoms with Crippen molar-refractivity contribution in [2.45, 2.75) is 39.2 Å². The normalized spacial score (nSPS) is 26.6. The van der Waals surface area contributed by atoms with Gasteiger partial charge in [0.05, 0.1) is 17.4 Å². The number of rotatable bonds is 2. The Balaban J connectivity index is 1.72. The Hall–Kier alpha value is -1.84. The Kier molecular flexibility index (Phi) is 3.47. The van der Waals surface area contributed by atoms with Gasteiger partial charge in [-0.3, -0.25) is 4.79 Å². The average Bonchev–Trinajstić information content (AvgIpc) is 2.89. The van der Waals surface area contributed by atoms with E-state index in [-0.39, 0.29) is 5.91 Å². The van der Waals surface area contributed by atoms with Crippen molar-refractivity contribution in [3.05, 3.63) is 30.1 Å². The molecule has 2 aromatic rings. The standard InChI is InChI=1S/C16H21N3O/c1-10-3-5-13(11(2)7-10)19-16(20)12-4-6-14-15(8-12)18-9-17-14/h4,6,8-11,13H,3,5,7H2,1-2H3,(H,17,18)(H,19,20). The predicted octanol–water partition coefficient (Wildman–Crippen LogP) is 3.12. The molecule has 4 heteroatoms. The van der Waals surface area contributed by atoms with Gasteiger partial charge < -0.3 is 10.3 Å². The minimum Gasteiger partial charge on any atom is -0.349 e. The van der Waals surface area contributed by atoms with E-state index in [1.807, 2.05) is 18.2 Å². The quantitative estimate of drug-likeness (QED) is 0.881. The topological polar surface area (TPSA) is 57.8 Å². The lowest BCUT2D eigenvalue weighted by Crippen LogP contribution is -2.42. The molecule has 1 aromatic heterocycles. The van der Waals surface area contributed by atoms with Gasteiger partial charge in [-0.25, -0.2) is 4.98 Å². The second kappa shape index (κ2) is 5.27. The minimum absolute atomic E-state index is 0.0212. The van der Waals surface area contributed by atoms with Crippen LogP contribution in [0.15, 0.2) is 24.5 Å². The highest BCUT2D eigenvalue weighted by Gasteiger charge is 2.26. The van der Waals surface area contributed by atoms with Gasteiger partial charge in [0, 0.05) is 11.6 Å². The second-order valence-electron chi connectivity index (χ2n) is 6.11. The molecule has 1 aromatic carbocycles. The molecule has 1 amide bonds. The molecular weight excluding hydrogens is 250 g/mol. The number of carbonyl (C=O) groups excluding carboxylic acids is 1. The smallest absolute Gasteiger partial charge is 0.251 e. The van der Waals surface area contributed by atoms with Gasteiger partial charge in [0.1, 0.15) is 0 Å². The SMILES string of the molecule is CC1CCC(NC(=O)c2ccc3nc[nH]c3c2)C(C)C1. The Morgan fingerprint density at radius 3 is 3.00 bits per heavy atom. The van der Waals surface area contributed by atoms with Crippen molar-refractivity contribution in [3.63, 3.8) is 0 Å². The van der Waals surface area contributed by atoms with Crippen LogP contribution in [-0.2, 0) is 0 Å². The van der Waals surface area contributed by atoms with E-state index in [0.717, 1.165) is 23.4 Å². The second-order valence-corrected chi connectivity index (χ2v) is 6.11. The van der Waals surface area contributed by atoms with Crippen molar-refractivity contribution in [3.8, 4) is 0 Å². The molecule has 3 atom stereocenters. The zero-order chi connectivity index (χ0) is 14.1. The van der Waals surface area contributed by atoms with Crippen molar-refractivity contribution in [1.82, 2.24) is 15.3 Å². The summed E-state index contributed by atoms with van der Waals surface area (Å²) in [5.74, 6) is 1.35. The molecular formula is C16H21N3O. The van der Waals surface area contributed by atoms with Gasteiger partial charge in [-0.15, -0.1) is 0 Å². The summed E-state index contributed by atoms with van der Waals surface area (Å²) >= 11 is 0. The zero-order valence-corrected chi connectivity index (χ0v) is 12.0. The number of fused-ring (bicyclic) bond motifs is 1. The number of benzene rings is 1. The molecule has 20 heavy (non-hydrogen) atoms. The summed E-state index contributed by atoms with van der Waals surface area (Å²) in [5.41, 5.74) is 2.50. The maximum atomic E-state index is 12.4. The van der Waals surface area contributed by atoms with Crippen molar-refractivity contribution in [2.75, 3.05) is 0 Å². The van der Waals surface area contributed by atoms with E-state index in [0.29, 0.717) is 17.5 Å². The molecule has 1 fully saturated rings. The molecule has 0 aliphatic heterocycles. The minimum atomic E-state index is 0.0212. The van der Waals surface area contributed by atoms with Crippen LogP contribution in [-0.4, -0.2) is 21.9 Å². The monoisotopic (exact) mass is 271 g/mol. The van der Waals surface area contributed by atoms with E-state index >= 15 is 0 Å². The van der Waals surface area contributed by atoms with Crippen molar-refractivity contribution in [2.24, 2.45) is 11.8 Å². The van der Waals surface area contributed by atoms with E-state index in [1.54, 1.807) is 6.33 Å². The summed E-state index contributed by atoms with van der Waals surface area (Å²) in [6.07, 6.45) is 5.14. The molecule has 0 bridgehead atoms. The predicted molar refractivity (Wildman–Crippen MR) is 79.5 cm³/mol. The van der Waals surface area contributed by atoms with Gasteiger partial charge in [0.15, 0.2) is 0 Å². The number of amides is 1. The van der Waals surface area contributed by atoms with Crippen molar-refractivity contribution >= 4 is 16.9 Å². The molecule has 4 nitrogen and oxygen atoms in total. The van der Waals surface area contributed by atoms with Crippen LogP contribution in [0.5, 0.6) is 0 Å². The van der Waals surface area contributed by atoms with Crippen LogP contribution in [0, 0.1) is 11.8 Å². The van der Waals surface area contributed by atoms with Crippen LogP contribution in [0.2, 0.25) is 0 Å². The summed E-state index contributed by atoms with van der Waals surface area (Å²) in [5, 5.41) is 3.19. The summed E-state index contributed by atoms with van der Waals surface area (Å²) in [6, 6.07) is 5.89. The van der Waals surface area contributed by atoms with Crippen LogP contribution in [0.1, 0.15) is 43.5 Å². The van der Waals surface area contributed by atoms with Gasteiger partial charge >= 0.3 is 0 Å². The molecule has 1 heterocycles. The highest BCUT2D eigenvalue weighted by atomic mass is 16.1. The largest absolute Gasteiger partial charge is 0.349 e. The third-order valence-corrected chi connectivity index (χ3v) is 4.43. The Morgan fingerprint density at radius 1 is 1.35 bits per heavy atom. The number of carbonyl (C=O) groups is 1. The molecule has 106 valence electrons. The van der Waals surface area contributed by atoms with Gasteiger partial charge in [-0.2, -0.15) is 0 Å². The molecule has 0 spiro atoms. The average molecular weight is 271 g/mol. The molecule has 1 saturated carbocycles. The summed E-state index contributed by atoms with van der Waals surface area (Å²) < 4.78 is 0. The lowest BCUT2D eigenvalue weighted by Gasteiger charge is -2.33. The van der Waals surface area contributed by atoms with Crippen LogP contribution >= 0.6 is 0 Å². The van der Waals surface area contributed by atoms with Crippen LogP contribution in [0.4, 0.5) is 0 Å². The first-order valence-electron chi connectivity index (χ1n) is 7.37. The van der Waals surface area contributed by atoms with Crippen LogP contribution < -0.4 is 5.32 Å². The maximum Gasteiger partial charge on any atom is 0.251 e. The maximum absolute atomic E-state index is 12.4. The number of hydrogen-bond acceptors (Lipinski definition) is 2. The fourth-order valence-corrected chi connectivity index (χ4v) is 3.21. The number of aromatic amines is 1. The number of H-pyrrole nitrogens is 1. The van der Waals surface area contributed by atoms with Gasteiger partial charge in [-0.1, -0.05) is 13.8 Å². The molecule has 0 radical (unpaired) electrons. The first-order chi connectivity index (χ1) is 9.63. The van der Waals surface area contributed by atoms with Gasteiger partial charge in [0.2, 0.25) is 0 Å². The number of nitrogens with zero attached hydrogens (tertiary/aromatic N) is 1. The fourth-order valence-electron chi connectivity index (χ4n) is 3.21. The number of aromatic nitrogens is 2. The van der Waals surface area contributed by atoms with E-state index in [2.05, 4.69) is 29.1 Å². The van der Waals surface area contributed by atoms with E-state index in [9.17, 15) is 4.79 Å². The molecule has 1 aliphatic carbocycles. The first-order valence-corrected chi connectivity index (χ1v) is 7.37. The molecule has 1 aliphatic rings. The molecule has 0 saturated heterocycles. The zero-order valence-electron chi connectivity index (χ0n) is 12.0. The highest BCUT2D eigenvalue weighted by Crippen LogP contribution is 2.28. The Bertz CT molecular complexity index is 619. The molecule has 2 N–H and O–H groups in total.